The summed E-state index contributed by atoms with van der Waals surface area (Å²) in [4.78, 5) is 0. The van der Waals surface area contributed by atoms with Crippen LogP contribution in [0, 0.1) is 12.7 Å². The lowest BCUT2D eigenvalue weighted by molar-refractivity contribution is -0.137. The monoisotopic (exact) mass is 531 g/mol. The largest absolute Gasteiger partial charge is 0.416 e. The van der Waals surface area contributed by atoms with Gasteiger partial charge in [0.05, 0.1) is 29.2 Å². The highest BCUT2D eigenvalue weighted by atomic mass is 32.2. The van der Waals surface area contributed by atoms with Crippen LogP contribution in [0.5, 0.6) is 0 Å². The summed E-state index contributed by atoms with van der Waals surface area (Å²) in [6.07, 6.45) is -0.640. The quantitative estimate of drug-likeness (QED) is 0.314. The van der Waals surface area contributed by atoms with Crippen molar-refractivity contribution < 1.29 is 26.0 Å². The molecule has 1 fully saturated rings. The van der Waals surface area contributed by atoms with Gasteiger partial charge in [-0.3, -0.25) is 0 Å². The first-order valence-corrected chi connectivity index (χ1v) is 13.6. The Balaban J connectivity index is 1.58. The molecule has 0 spiro atoms. The van der Waals surface area contributed by atoms with Crippen molar-refractivity contribution in [2.24, 2.45) is 0 Å². The first-order chi connectivity index (χ1) is 17.4. The number of alkyl halides is 3. The SMILES string of the molecule is Cc1cc2c(cnn2-c2ccc(F)cc2)cc1C1(Cc2ccc(C(F)(F)F)cc2)CCN(S(C)(=O)=O)C1. The molecule has 3 aromatic carbocycles. The summed E-state index contributed by atoms with van der Waals surface area (Å²) in [6.45, 7) is 2.49. The zero-order valence-corrected chi connectivity index (χ0v) is 21.1. The summed E-state index contributed by atoms with van der Waals surface area (Å²) in [7, 11) is -3.45. The van der Waals surface area contributed by atoms with Crippen LogP contribution in [-0.4, -0.2) is 41.8 Å². The van der Waals surface area contributed by atoms with E-state index < -0.39 is 27.2 Å². The van der Waals surface area contributed by atoms with Gasteiger partial charge in [0.2, 0.25) is 10.0 Å². The zero-order chi connectivity index (χ0) is 26.6. The fraction of sp³-hybridized carbons (Fsp3) is 0.296. The highest BCUT2D eigenvalue weighted by Gasteiger charge is 2.44. The molecule has 1 saturated heterocycles. The molecule has 194 valence electrons. The lowest BCUT2D eigenvalue weighted by Gasteiger charge is -2.32. The zero-order valence-electron chi connectivity index (χ0n) is 20.3. The van der Waals surface area contributed by atoms with E-state index in [-0.39, 0.29) is 12.4 Å². The van der Waals surface area contributed by atoms with Gasteiger partial charge >= 0.3 is 6.18 Å². The fourth-order valence-corrected chi connectivity index (χ4v) is 6.22. The second-order valence-electron chi connectivity index (χ2n) is 9.76. The topological polar surface area (TPSA) is 55.2 Å². The predicted molar refractivity (Wildman–Crippen MR) is 134 cm³/mol. The summed E-state index contributed by atoms with van der Waals surface area (Å²) in [5.74, 6) is -0.347. The van der Waals surface area contributed by atoms with Crippen LogP contribution >= 0.6 is 0 Å². The number of hydrogen-bond acceptors (Lipinski definition) is 3. The van der Waals surface area contributed by atoms with E-state index in [1.807, 2.05) is 19.1 Å². The molecule has 1 aromatic heterocycles. The minimum atomic E-state index is -4.43. The molecule has 0 saturated carbocycles. The Morgan fingerprint density at radius 1 is 1.03 bits per heavy atom. The van der Waals surface area contributed by atoms with Crippen molar-refractivity contribution in [2.75, 3.05) is 19.3 Å². The van der Waals surface area contributed by atoms with Crippen molar-refractivity contribution in [3.05, 3.63) is 94.9 Å². The molecule has 5 rings (SSSR count). The highest BCUT2D eigenvalue weighted by molar-refractivity contribution is 7.88. The molecular weight excluding hydrogens is 506 g/mol. The number of aryl methyl sites for hydroxylation is 1. The number of aromatic nitrogens is 2. The average molecular weight is 532 g/mol. The van der Waals surface area contributed by atoms with E-state index >= 15 is 0 Å². The molecule has 2 heterocycles. The lowest BCUT2D eigenvalue weighted by Crippen LogP contribution is -2.36. The van der Waals surface area contributed by atoms with Gasteiger partial charge in [0.25, 0.3) is 0 Å². The first kappa shape index (κ1) is 25.4. The Bertz CT molecular complexity index is 1560. The Hall–Kier alpha value is -3.24. The van der Waals surface area contributed by atoms with Gasteiger partial charge in [0, 0.05) is 23.9 Å². The Kier molecular flexibility index (Phi) is 6.15. The number of sulfonamides is 1. The van der Waals surface area contributed by atoms with E-state index in [1.54, 1.807) is 23.0 Å². The molecule has 1 aliphatic heterocycles. The summed E-state index contributed by atoms with van der Waals surface area (Å²) in [6, 6.07) is 15.0. The van der Waals surface area contributed by atoms with Crippen LogP contribution in [-0.2, 0) is 28.0 Å². The third-order valence-electron chi connectivity index (χ3n) is 7.17. The third-order valence-corrected chi connectivity index (χ3v) is 8.42. The Morgan fingerprint density at radius 2 is 1.70 bits per heavy atom. The first-order valence-electron chi connectivity index (χ1n) is 11.7. The van der Waals surface area contributed by atoms with Crippen molar-refractivity contribution >= 4 is 20.9 Å². The predicted octanol–water partition coefficient (Wildman–Crippen LogP) is 5.64. The molecule has 37 heavy (non-hydrogen) atoms. The number of rotatable bonds is 5. The van der Waals surface area contributed by atoms with Gasteiger partial charge in [-0.2, -0.15) is 18.3 Å². The Labute approximate surface area is 212 Å². The standard InChI is InChI=1S/C27H25F4N3O2S/c1-18-13-25-20(16-32-34(25)23-9-7-22(28)8-10-23)14-24(18)26(11-12-33(17-26)37(2,35)36)15-19-3-5-21(6-4-19)27(29,30)31/h3-10,13-14,16H,11-12,15,17H2,1-2H3. The van der Waals surface area contributed by atoms with Gasteiger partial charge in [-0.05, 0) is 85.0 Å². The molecule has 10 heteroatoms. The molecule has 0 radical (unpaired) electrons. The number of benzene rings is 3. The van der Waals surface area contributed by atoms with Crippen molar-refractivity contribution in [1.29, 1.82) is 0 Å². The van der Waals surface area contributed by atoms with Crippen molar-refractivity contribution in [2.45, 2.75) is 31.4 Å². The highest BCUT2D eigenvalue weighted by Crippen LogP contribution is 2.42. The molecular formula is C27H25F4N3O2S. The van der Waals surface area contributed by atoms with Crippen LogP contribution in [0.15, 0.2) is 66.9 Å². The van der Waals surface area contributed by atoms with Crippen LogP contribution in [0.25, 0.3) is 16.6 Å². The second-order valence-corrected chi connectivity index (χ2v) is 11.7. The van der Waals surface area contributed by atoms with Gasteiger partial charge in [-0.25, -0.2) is 21.8 Å². The molecule has 1 atom stereocenters. The fourth-order valence-electron chi connectivity index (χ4n) is 5.32. The van der Waals surface area contributed by atoms with Gasteiger partial charge < -0.3 is 0 Å². The summed E-state index contributed by atoms with van der Waals surface area (Å²) < 4.78 is 80.6. The molecule has 1 unspecified atom stereocenters. The number of fused-ring (bicyclic) bond motifs is 1. The van der Waals surface area contributed by atoms with Crippen LogP contribution in [0.1, 0.15) is 28.7 Å². The van der Waals surface area contributed by atoms with Gasteiger partial charge in [0.1, 0.15) is 5.82 Å². The minimum Gasteiger partial charge on any atom is -0.233 e. The number of hydrogen-bond donors (Lipinski definition) is 0. The van der Waals surface area contributed by atoms with Gasteiger partial charge in [-0.1, -0.05) is 12.1 Å². The third kappa shape index (κ3) is 4.87. The van der Waals surface area contributed by atoms with Crippen LogP contribution in [0.3, 0.4) is 0 Å². The smallest absolute Gasteiger partial charge is 0.233 e. The number of halogens is 4. The molecule has 1 aliphatic rings. The van der Waals surface area contributed by atoms with Crippen LogP contribution < -0.4 is 0 Å². The molecule has 5 nitrogen and oxygen atoms in total. The van der Waals surface area contributed by atoms with Crippen molar-refractivity contribution in [1.82, 2.24) is 14.1 Å². The van der Waals surface area contributed by atoms with E-state index in [9.17, 15) is 26.0 Å². The normalized spacial score (nSPS) is 19.1. The maximum Gasteiger partial charge on any atom is 0.416 e. The van der Waals surface area contributed by atoms with E-state index in [0.717, 1.165) is 34.2 Å². The average Bonchev–Trinajstić information content (AvgIpc) is 3.44. The van der Waals surface area contributed by atoms with Crippen LogP contribution in [0.4, 0.5) is 17.6 Å². The Morgan fingerprint density at radius 3 is 2.30 bits per heavy atom. The maximum absolute atomic E-state index is 13.4. The molecule has 4 aromatic rings. The summed E-state index contributed by atoms with van der Waals surface area (Å²) in [5, 5.41) is 5.31. The van der Waals surface area contributed by atoms with E-state index in [0.29, 0.717) is 30.6 Å². The molecule has 0 bridgehead atoms. The molecule has 0 N–H and O–H groups in total. The van der Waals surface area contributed by atoms with Gasteiger partial charge in [0.15, 0.2) is 0 Å². The van der Waals surface area contributed by atoms with E-state index in [1.165, 1.54) is 34.8 Å². The van der Waals surface area contributed by atoms with E-state index in [2.05, 4.69) is 5.10 Å². The number of nitrogens with zero attached hydrogens (tertiary/aromatic N) is 3. The van der Waals surface area contributed by atoms with E-state index in [4.69, 9.17) is 0 Å². The molecule has 0 aliphatic carbocycles. The summed E-state index contributed by atoms with van der Waals surface area (Å²) in [5.41, 5.74) is 2.72. The van der Waals surface area contributed by atoms with Gasteiger partial charge in [-0.15, -0.1) is 0 Å². The lowest BCUT2D eigenvalue weighted by atomic mass is 9.73. The second kappa shape index (κ2) is 8.95. The maximum atomic E-state index is 13.4. The molecule has 0 amide bonds. The van der Waals surface area contributed by atoms with Crippen LogP contribution in [0.2, 0.25) is 0 Å². The minimum absolute atomic E-state index is 0.227. The van der Waals surface area contributed by atoms with Crippen molar-refractivity contribution in [3.8, 4) is 5.69 Å². The van der Waals surface area contributed by atoms with Crippen molar-refractivity contribution in [3.63, 3.8) is 0 Å². The summed E-state index contributed by atoms with van der Waals surface area (Å²) >= 11 is 0.